The van der Waals surface area contributed by atoms with E-state index in [9.17, 15) is 26.4 Å². The highest BCUT2D eigenvalue weighted by Gasteiger charge is 2.57. The molecule has 1 aliphatic heterocycles. The molecule has 4 rings (SSSR count). The minimum absolute atomic E-state index is 0.00326. The Hall–Kier alpha value is -2.89. The van der Waals surface area contributed by atoms with Crippen molar-refractivity contribution in [2.24, 2.45) is 10.9 Å². The zero-order valence-corrected chi connectivity index (χ0v) is 24.1. The van der Waals surface area contributed by atoms with Gasteiger partial charge in [-0.05, 0) is 55.7 Å². The topological polar surface area (TPSA) is 82.1 Å². The van der Waals surface area contributed by atoms with Crippen LogP contribution in [0.2, 0.25) is 5.02 Å². The van der Waals surface area contributed by atoms with Gasteiger partial charge in [-0.1, -0.05) is 42.4 Å². The molecule has 1 N–H and O–H groups in total. The summed E-state index contributed by atoms with van der Waals surface area (Å²) >= 11 is 5.80. The van der Waals surface area contributed by atoms with Crippen molar-refractivity contribution in [3.8, 4) is 0 Å². The summed E-state index contributed by atoms with van der Waals surface area (Å²) in [6.45, 7) is 7.45. The summed E-state index contributed by atoms with van der Waals surface area (Å²) in [5.41, 5.74) is 0.0708. The molecule has 1 amide bonds. The number of amides is 1. The number of hydrogen-bond acceptors (Lipinski definition) is 5. The number of halogens is 4. The maximum atomic E-state index is 14.1. The molecule has 12 heteroatoms. The van der Waals surface area contributed by atoms with Crippen LogP contribution in [0.15, 0.2) is 70.6 Å². The average Bonchev–Trinajstić information content (AvgIpc) is 3.35. The van der Waals surface area contributed by atoms with Gasteiger partial charge in [0, 0.05) is 39.0 Å². The Morgan fingerprint density at radius 3 is 2.45 bits per heavy atom. The van der Waals surface area contributed by atoms with Crippen molar-refractivity contribution in [2.75, 3.05) is 20.1 Å². The lowest BCUT2D eigenvalue weighted by Gasteiger charge is -2.29. The van der Waals surface area contributed by atoms with E-state index in [-0.39, 0.29) is 48.3 Å². The number of benzene rings is 2. The molecule has 40 heavy (non-hydrogen) atoms. The van der Waals surface area contributed by atoms with Gasteiger partial charge in [-0.2, -0.15) is 4.31 Å². The number of carbonyl (C=O) groups excluding carboxylic acids is 1. The normalized spacial score (nSPS) is 21.1. The summed E-state index contributed by atoms with van der Waals surface area (Å²) < 4.78 is 69.1. The second kappa shape index (κ2) is 11.2. The monoisotopic (exact) mass is 596 g/mol. The number of rotatable bonds is 11. The van der Waals surface area contributed by atoms with Gasteiger partial charge < -0.3 is 10.2 Å². The molecule has 1 aliphatic carbocycles. The van der Waals surface area contributed by atoms with Crippen LogP contribution in [0.5, 0.6) is 0 Å². The largest absolute Gasteiger partial charge is 0.363 e. The molecule has 2 atom stereocenters. The molecule has 0 saturated heterocycles. The number of carbonyl (C=O) groups is 1. The second-order valence-electron chi connectivity index (χ2n) is 10.9. The van der Waals surface area contributed by atoms with Crippen molar-refractivity contribution in [3.63, 3.8) is 0 Å². The number of alkyl halides is 2. The predicted octanol–water partition coefficient (Wildman–Crippen LogP) is 4.88. The molecule has 2 aromatic carbocycles. The molecule has 7 nitrogen and oxygen atoms in total. The molecule has 2 aliphatic rings. The first-order valence-electron chi connectivity index (χ1n) is 12.8. The van der Waals surface area contributed by atoms with Gasteiger partial charge in [0.05, 0.1) is 15.5 Å². The van der Waals surface area contributed by atoms with E-state index in [2.05, 4.69) is 16.9 Å². The van der Waals surface area contributed by atoms with Gasteiger partial charge in [0.1, 0.15) is 11.7 Å². The number of aliphatic imine (C=N–C) groups is 1. The third-order valence-electron chi connectivity index (χ3n) is 7.16. The quantitative estimate of drug-likeness (QED) is 0.401. The molecule has 0 aromatic heterocycles. The maximum absolute atomic E-state index is 14.1. The lowest BCUT2D eigenvalue weighted by Crippen LogP contribution is -2.52. The SMILES string of the molecule is C=C(CCN(Cc1ccc(Cl)c(F)c1)S(=O)(=O)c1ccccc1)C1=N[C@@H](C(=O)N(C)C[C@@H]2CC2(F)F)C(C)(C)N1. The highest BCUT2D eigenvalue weighted by atomic mass is 35.5. The molecule has 1 saturated carbocycles. The van der Waals surface area contributed by atoms with Crippen molar-refractivity contribution in [1.29, 1.82) is 0 Å². The highest BCUT2D eigenvalue weighted by molar-refractivity contribution is 7.89. The molecule has 0 bridgehead atoms. The number of nitrogens with zero attached hydrogens (tertiary/aromatic N) is 3. The Labute approximate surface area is 237 Å². The van der Waals surface area contributed by atoms with Crippen LogP contribution in [0.25, 0.3) is 0 Å². The first-order valence-corrected chi connectivity index (χ1v) is 14.6. The molecular weight excluding hydrogens is 565 g/mol. The molecule has 216 valence electrons. The Morgan fingerprint density at radius 2 is 1.85 bits per heavy atom. The zero-order chi connectivity index (χ0) is 29.5. The van der Waals surface area contributed by atoms with Crippen LogP contribution in [0, 0.1) is 11.7 Å². The zero-order valence-electron chi connectivity index (χ0n) is 22.5. The highest BCUT2D eigenvalue weighted by Crippen LogP contribution is 2.48. The van der Waals surface area contributed by atoms with E-state index in [0.717, 1.165) is 0 Å². The lowest BCUT2D eigenvalue weighted by atomic mass is 9.95. The van der Waals surface area contributed by atoms with Crippen molar-refractivity contribution in [1.82, 2.24) is 14.5 Å². The van der Waals surface area contributed by atoms with Gasteiger partial charge in [0.15, 0.2) is 6.04 Å². The molecule has 0 spiro atoms. The van der Waals surface area contributed by atoms with Crippen molar-refractivity contribution in [3.05, 3.63) is 77.1 Å². The summed E-state index contributed by atoms with van der Waals surface area (Å²) in [5, 5.41) is 3.11. The van der Waals surface area contributed by atoms with E-state index in [1.54, 1.807) is 38.1 Å². The number of amidine groups is 1. The fraction of sp³-hybridized carbons (Fsp3) is 0.429. The number of sulfonamides is 1. The van der Waals surface area contributed by atoms with Gasteiger partial charge in [0.25, 0.3) is 5.92 Å². The van der Waals surface area contributed by atoms with Gasteiger partial charge in [0.2, 0.25) is 15.9 Å². The summed E-state index contributed by atoms with van der Waals surface area (Å²) in [5.74, 6) is -4.27. The maximum Gasteiger partial charge on any atom is 0.253 e. The van der Waals surface area contributed by atoms with E-state index in [1.165, 1.54) is 40.5 Å². The van der Waals surface area contributed by atoms with E-state index in [1.807, 2.05) is 0 Å². The fourth-order valence-corrected chi connectivity index (χ4v) is 6.15. The van der Waals surface area contributed by atoms with Crippen LogP contribution in [0.1, 0.15) is 32.3 Å². The van der Waals surface area contributed by atoms with Crippen molar-refractivity contribution >= 4 is 33.4 Å². The molecular formula is C28H32ClF3N4O3S. The van der Waals surface area contributed by atoms with Gasteiger partial charge >= 0.3 is 0 Å². The summed E-state index contributed by atoms with van der Waals surface area (Å²) in [4.78, 5) is 19.0. The lowest BCUT2D eigenvalue weighted by molar-refractivity contribution is -0.132. The van der Waals surface area contributed by atoms with Crippen LogP contribution < -0.4 is 5.32 Å². The van der Waals surface area contributed by atoms with Gasteiger partial charge in [-0.15, -0.1) is 0 Å². The summed E-state index contributed by atoms with van der Waals surface area (Å²) in [6, 6.07) is 11.2. The summed E-state index contributed by atoms with van der Waals surface area (Å²) in [7, 11) is -2.47. The first kappa shape index (κ1) is 30.1. The molecule has 1 heterocycles. The summed E-state index contributed by atoms with van der Waals surface area (Å²) in [6.07, 6.45) is -0.0671. The van der Waals surface area contributed by atoms with E-state index < -0.39 is 39.3 Å². The molecule has 0 radical (unpaired) electrons. The van der Waals surface area contributed by atoms with Crippen molar-refractivity contribution < 1.29 is 26.4 Å². The van der Waals surface area contributed by atoms with Gasteiger partial charge in [-0.25, -0.2) is 21.6 Å². The predicted molar refractivity (Wildman–Crippen MR) is 148 cm³/mol. The molecule has 1 fully saturated rings. The van der Waals surface area contributed by atoms with Crippen LogP contribution in [0.4, 0.5) is 13.2 Å². The third kappa shape index (κ3) is 6.53. The van der Waals surface area contributed by atoms with Crippen LogP contribution in [0.3, 0.4) is 0 Å². The van der Waals surface area contributed by atoms with E-state index in [0.29, 0.717) is 17.0 Å². The van der Waals surface area contributed by atoms with Crippen LogP contribution in [-0.2, 0) is 21.4 Å². The smallest absolute Gasteiger partial charge is 0.253 e. The Kier molecular flexibility index (Phi) is 8.40. The second-order valence-corrected chi connectivity index (χ2v) is 13.2. The Morgan fingerprint density at radius 1 is 1.20 bits per heavy atom. The first-order chi connectivity index (χ1) is 18.6. The number of likely N-dealkylation sites (N-methyl/N-ethyl adjacent to an activating group) is 1. The van der Waals surface area contributed by atoms with E-state index >= 15 is 0 Å². The number of nitrogens with one attached hydrogen (secondary N) is 1. The average molecular weight is 597 g/mol. The molecule has 0 unspecified atom stereocenters. The van der Waals surface area contributed by atoms with Crippen LogP contribution in [-0.4, -0.2) is 67.0 Å². The minimum Gasteiger partial charge on any atom is -0.363 e. The minimum atomic E-state index is -3.96. The standard InChI is InChI=1S/C28H32ClF3N4O3S/c1-18(25-33-24(27(2,3)34-25)26(37)35(4)17-20-15-28(20,31)32)12-13-36(16-19-10-11-22(29)23(30)14-19)40(38,39)21-8-6-5-7-9-21/h5-11,14,20,24H,1,12-13,15-17H2,2-4H3,(H,33,34)/t20-,24-/m0/s1. The fourth-order valence-electron chi connectivity index (χ4n) is 4.58. The number of hydrogen-bond donors (Lipinski definition) is 1. The van der Waals surface area contributed by atoms with E-state index in [4.69, 9.17) is 11.6 Å². The Bertz CT molecular complexity index is 1430. The van der Waals surface area contributed by atoms with Crippen molar-refractivity contribution in [2.45, 2.75) is 55.6 Å². The Balaban J connectivity index is 1.50. The van der Waals surface area contributed by atoms with Gasteiger partial charge in [-0.3, -0.25) is 9.79 Å². The molecule has 2 aromatic rings. The third-order valence-corrected chi connectivity index (χ3v) is 9.33. The van der Waals surface area contributed by atoms with Crippen LogP contribution >= 0.6 is 11.6 Å².